The molecule has 0 bridgehead atoms. The van der Waals surface area contributed by atoms with Crippen LogP contribution in [0.3, 0.4) is 0 Å². The number of benzene rings is 1. The fourth-order valence-electron chi connectivity index (χ4n) is 2.61. The van der Waals surface area contributed by atoms with E-state index in [1.54, 1.807) is 18.2 Å². The van der Waals surface area contributed by atoms with E-state index in [4.69, 9.17) is 0 Å². The van der Waals surface area contributed by atoms with Crippen molar-refractivity contribution < 1.29 is 5.11 Å². The molecule has 1 aliphatic rings. The summed E-state index contributed by atoms with van der Waals surface area (Å²) in [5.74, 6) is 0.263. The van der Waals surface area contributed by atoms with Crippen LogP contribution in [0.25, 0.3) is 0 Å². The normalized spacial score (nSPS) is 17.8. The SMILES string of the molecule is O=c1ccc2c([nH]1)CCCC2Nc1ccc(O)cc1. The van der Waals surface area contributed by atoms with Crippen molar-refractivity contribution in [3.8, 4) is 5.75 Å². The summed E-state index contributed by atoms with van der Waals surface area (Å²) in [6, 6.07) is 10.7. The molecule has 0 aliphatic heterocycles. The smallest absolute Gasteiger partial charge is 0.248 e. The molecule has 0 saturated carbocycles. The van der Waals surface area contributed by atoms with Gasteiger partial charge in [0.2, 0.25) is 5.56 Å². The molecular formula is C15H16N2O2. The van der Waals surface area contributed by atoms with Gasteiger partial charge in [0.25, 0.3) is 0 Å². The third-order valence-corrected chi connectivity index (χ3v) is 3.54. The Labute approximate surface area is 111 Å². The Balaban J connectivity index is 1.87. The van der Waals surface area contributed by atoms with Gasteiger partial charge >= 0.3 is 0 Å². The molecule has 0 radical (unpaired) electrons. The van der Waals surface area contributed by atoms with Crippen LogP contribution in [0.5, 0.6) is 5.75 Å². The van der Waals surface area contributed by atoms with E-state index >= 15 is 0 Å². The molecule has 3 rings (SSSR count). The Kier molecular flexibility index (Phi) is 2.99. The second-order valence-corrected chi connectivity index (χ2v) is 4.89. The molecular weight excluding hydrogens is 240 g/mol. The number of nitrogens with one attached hydrogen (secondary N) is 2. The van der Waals surface area contributed by atoms with E-state index in [-0.39, 0.29) is 17.4 Å². The highest BCUT2D eigenvalue weighted by molar-refractivity contribution is 5.48. The van der Waals surface area contributed by atoms with E-state index < -0.39 is 0 Å². The van der Waals surface area contributed by atoms with Crippen molar-refractivity contribution in [3.05, 3.63) is 58.0 Å². The summed E-state index contributed by atoms with van der Waals surface area (Å²) in [4.78, 5) is 14.3. The van der Waals surface area contributed by atoms with Crippen molar-refractivity contribution in [3.63, 3.8) is 0 Å². The number of aromatic hydroxyl groups is 1. The number of anilines is 1. The molecule has 1 heterocycles. The zero-order valence-corrected chi connectivity index (χ0v) is 10.5. The summed E-state index contributed by atoms with van der Waals surface area (Å²) < 4.78 is 0. The summed E-state index contributed by atoms with van der Waals surface area (Å²) in [5, 5.41) is 12.7. The summed E-state index contributed by atoms with van der Waals surface area (Å²) in [5.41, 5.74) is 3.14. The van der Waals surface area contributed by atoms with Gasteiger partial charge in [0.15, 0.2) is 0 Å². The number of aromatic nitrogens is 1. The zero-order chi connectivity index (χ0) is 13.2. The van der Waals surface area contributed by atoms with Crippen LogP contribution in [0, 0.1) is 0 Å². The quantitative estimate of drug-likeness (QED) is 0.723. The predicted molar refractivity (Wildman–Crippen MR) is 74.5 cm³/mol. The van der Waals surface area contributed by atoms with Crippen LogP contribution in [0.1, 0.15) is 30.1 Å². The predicted octanol–water partition coefficient (Wildman–Crippen LogP) is 2.57. The fraction of sp³-hybridized carbons (Fsp3) is 0.267. The number of H-pyrrole nitrogens is 1. The Morgan fingerprint density at radius 2 is 1.95 bits per heavy atom. The Hall–Kier alpha value is -2.23. The van der Waals surface area contributed by atoms with Crippen LogP contribution in [0.15, 0.2) is 41.2 Å². The van der Waals surface area contributed by atoms with Crippen LogP contribution in [-0.2, 0) is 6.42 Å². The maximum Gasteiger partial charge on any atom is 0.248 e. The van der Waals surface area contributed by atoms with E-state index in [2.05, 4.69) is 10.3 Å². The van der Waals surface area contributed by atoms with Crippen molar-refractivity contribution in [1.82, 2.24) is 4.98 Å². The second kappa shape index (κ2) is 4.80. The molecule has 98 valence electrons. The lowest BCUT2D eigenvalue weighted by molar-refractivity contribution is 0.475. The van der Waals surface area contributed by atoms with Crippen LogP contribution in [-0.4, -0.2) is 10.1 Å². The van der Waals surface area contributed by atoms with Gasteiger partial charge in [0.1, 0.15) is 5.75 Å². The van der Waals surface area contributed by atoms with Crippen LogP contribution < -0.4 is 10.9 Å². The minimum atomic E-state index is -0.0379. The maximum absolute atomic E-state index is 11.3. The first-order valence-corrected chi connectivity index (χ1v) is 6.50. The number of hydrogen-bond acceptors (Lipinski definition) is 3. The molecule has 0 spiro atoms. The van der Waals surface area contributed by atoms with Gasteiger partial charge in [-0.05, 0) is 55.2 Å². The van der Waals surface area contributed by atoms with Gasteiger partial charge in [-0.25, -0.2) is 0 Å². The first-order chi connectivity index (χ1) is 9.22. The number of pyridine rings is 1. The van der Waals surface area contributed by atoms with Gasteiger partial charge in [-0.15, -0.1) is 0 Å². The minimum absolute atomic E-state index is 0.0379. The molecule has 2 aromatic rings. The Morgan fingerprint density at radius 3 is 2.74 bits per heavy atom. The fourth-order valence-corrected chi connectivity index (χ4v) is 2.61. The largest absolute Gasteiger partial charge is 0.508 e. The van der Waals surface area contributed by atoms with E-state index in [1.807, 2.05) is 18.2 Å². The van der Waals surface area contributed by atoms with E-state index in [9.17, 15) is 9.90 Å². The molecule has 1 unspecified atom stereocenters. The van der Waals surface area contributed by atoms with Gasteiger partial charge in [0, 0.05) is 17.4 Å². The molecule has 3 N–H and O–H groups in total. The molecule has 0 fully saturated rings. The number of phenolic OH excluding ortho intramolecular Hbond substituents is 1. The highest BCUT2D eigenvalue weighted by Crippen LogP contribution is 2.31. The highest BCUT2D eigenvalue weighted by Gasteiger charge is 2.20. The van der Waals surface area contributed by atoms with E-state index in [0.717, 1.165) is 30.6 Å². The number of hydrogen-bond donors (Lipinski definition) is 3. The van der Waals surface area contributed by atoms with E-state index in [0.29, 0.717) is 0 Å². The molecule has 4 nitrogen and oxygen atoms in total. The van der Waals surface area contributed by atoms with Crippen molar-refractivity contribution in [2.45, 2.75) is 25.3 Å². The number of aromatic amines is 1. The topological polar surface area (TPSA) is 65.1 Å². The molecule has 0 amide bonds. The molecule has 1 aromatic carbocycles. The average Bonchev–Trinajstić information content (AvgIpc) is 2.41. The van der Waals surface area contributed by atoms with Crippen molar-refractivity contribution in [1.29, 1.82) is 0 Å². The average molecular weight is 256 g/mol. The molecule has 4 heteroatoms. The number of aryl methyl sites for hydroxylation is 1. The second-order valence-electron chi connectivity index (χ2n) is 4.89. The van der Waals surface area contributed by atoms with Crippen molar-refractivity contribution in [2.75, 3.05) is 5.32 Å². The summed E-state index contributed by atoms with van der Waals surface area (Å²) in [6.45, 7) is 0. The van der Waals surface area contributed by atoms with Crippen molar-refractivity contribution in [2.24, 2.45) is 0 Å². The summed E-state index contributed by atoms with van der Waals surface area (Å²) in [7, 11) is 0. The standard InChI is InChI=1S/C15H16N2O2/c18-11-6-4-10(5-7-11)16-13-2-1-3-14-12(13)8-9-15(19)17-14/h4-9,13,16,18H,1-3H2,(H,17,19). The number of rotatable bonds is 2. The monoisotopic (exact) mass is 256 g/mol. The highest BCUT2D eigenvalue weighted by atomic mass is 16.3. The van der Waals surface area contributed by atoms with Gasteiger partial charge in [-0.2, -0.15) is 0 Å². The summed E-state index contributed by atoms with van der Waals surface area (Å²) >= 11 is 0. The van der Waals surface area contributed by atoms with Gasteiger partial charge in [-0.1, -0.05) is 0 Å². The molecule has 1 atom stereocenters. The Bertz CT molecular complexity index is 631. The number of phenols is 1. The first-order valence-electron chi connectivity index (χ1n) is 6.50. The molecule has 0 saturated heterocycles. The van der Waals surface area contributed by atoms with Gasteiger partial charge in [0.05, 0.1) is 6.04 Å². The lowest BCUT2D eigenvalue weighted by Crippen LogP contribution is -2.21. The van der Waals surface area contributed by atoms with Crippen LogP contribution in [0.2, 0.25) is 0 Å². The van der Waals surface area contributed by atoms with Crippen LogP contribution >= 0.6 is 0 Å². The Morgan fingerprint density at radius 1 is 1.16 bits per heavy atom. The molecule has 19 heavy (non-hydrogen) atoms. The van der Waals surface area contributed by atoms with Crippen molar-refractivity contribution >= 4 is 5.69 Å². The minimum Gasteiger partial charge on any atom is -0.508 e. The molecule has 1 aliphatic carbocycles. The summed E-state index contributed by atoms with van der Waals surface area (Å²) in [6.07, 6.45) is 3.03. The lowest BCUT2D eigenvalue weighted by atomic mass is 9.91. The number of fused-ring (bicyclic) bond motifs is 1. The van der Waals surface area contributed by atoms with Gasteiger partial charge in [-0.3, -0.25) is 4.79 Å². The maximum atomic E-state index is 11.3. The van der Waals surface area contributed by atoms with Gasteiger partial charge < -0.3 is 15.4 Å². The zero-order valence-electron chi connectivity index (χ0n) is 10.5. The first kappa shape index (κ1) is 11.8. The van der Waals surface area contributed by atoms with Crippen LogP contribution in [0.4, 0.5) is 5.69 Å². The van der Waals surface area contributed by atoms with E-state index in [1.165, 1.54) is 5.56 Å². The lowest BCUT2D eigenvalue weighted by Gasteiger charge is -2.26. The third kappa shape index (κ3) is 2.47. The molecule has 1 aromatic heterocycles. The third-order valence-electron chi connectivity index (χ3n) is 3.54.